The van der Waals surface area contributed by atoms with Crippen LogP contribution in [0.5, 0.6) is 0 Å². The van der Waals surface area contributed by atoms with Crippen LogP contribution >= 0.6 is 50.1 Å². The number of benzene rings is 1. The maximum atomic E-state index is 5.96. The molecule has 20 heavy (non-hydrogen) atoms. The molecular formula is C13H13BrClIN4. The smallest absolute Gasteiger partial charge is 0.224 e. The Morgan fingerprint density at radius 3 is 2.90 bits per heavy atom. The van der Waals surface area contributed by atoms with E-state index in [1.54, 1.807) is 6.20 Å². The van der Waals surface area contributed by atoms with Crippen LogP contribution in [-0.2, 0) is 0 Å². The molecule has 2 N–H and O–H groups in total. The highest BCUT2D eigenvalue weighted by molar-refractivity contribution is 14.1. The lowest BCUT2D eigenvalue weighted by Gasteiger charge is -2.11. The van der Waals surface area contributed by atoms with Crippen LogP contribution in [0.2, 0.25) is 5.02 Å². The Balaban J connectivity index is 2.23. The van der Waals surface area contributed by atoms with Crippen LogP contribution < -0.4 is 10.6 Å². The number of hydrogen-bond acceptors (Lipinski definition) is 4. The minimum absolute atomic E-state index is 0.613. The van der Waals surface area contributed by atoms with Crippen LogP contribution in [0, 0.1) is 3.57 Å². The van der Waals surface area contributed by atoms with Gasteiger partial charge in [-0.15, -0.1) is 0 Å². The van der Waals surface area contributed by atoms with E-state index < -0.39 is 0 Å². The van der Waals surface area contributed by atoms with Crippen LogP contribution in [0.1, 0.15) is 13.3 Å². The van der Waals surface area contributed by atoms with Gasteiger partial charge in [-0.2, -0.15) is 4.98 Å². The first-order valence-electron chi connectivity index (χ1n) is 6.08. The van der Waals surface area contributed by atoms with Gasteiger partial charge in [0.2, 0.25) is 5.95 Å². The SMILES string of the molecule is CCCNc1ncc(Br)c(Nc2ccc(Cl)cc2I)n1. The lowest BCUT2D eigenvalue weighted by Crippen LogP contribution is -2.06. The highest BCUT2D eigenvalue weighted by Gasteiger charge is 2.07. The summed E-state index contributed by atoms with van der Waals surface area (Å²) in [6, 6.07) is 5.67. The second-order valence-corrected chi connectivity index (χ2v) is 6.52. The zero-order valence-electron chi connectivity index (χ0n) is 10.8. The van der Waals surface area contributed by atoms with Crippen LogP contribution in [0.3, 0.4) is 0 Å². The first-order chi connectivity index (χ1) is 9.60. The van der Waals surface area contributed by atoms with E-state index in [0.29, 0.717) is 11.0 Å². The van der Waals surface area contributed by atoms with E-state index in [1.807, 2.05) is 18.2 Å². The van der Waals surface area contributed by atoms with Gasteiger partial charge in [0.15, 0.2) is 0 Å². The van der Waals surface area contributed by atoms with Crippen molar-refractivity contribution in [3.63, 3.8) is 0 Å². The Morgan fingerprint density at radius 1 is 1.40 bits per heavy atom. The van der Waals surface area contributed by atoms with Crippen molar-refractivity contribution >= 4 is 67.6 Å². The van der Waals surface area contributed by atoms with Crippen molar-refractivity contribution < 1.29 is 0 Å². The third-order valence-electron chi connectivity index (χ3n) is 2.46. The maximum absolute atomic E-state index is 5.96. The first-order valence-corrected chi connectivity index (χ1v) is 8.33. The largest absolute Gasteiger partial charge is 0.354 e. The fourth-order valence-corrected chi connectivity index (χ4v) is 2.79. The second-order valence-electron chi connectivity index (χ2n) is 4.07. The molecule has 1 aromatic heterocycles. The van der Waals surface area contributed by atoms with Gasteiger partial charge in [-0.25, -0.2) is 4.98 Å². The minimum Gasteiger partial charge on any atom is -0.354 e. The topological polar surface area (TPSA) is 49.8 Å². The van der Waals surface area contributed by atoms with E-state index in [0.717, 1.165) is 32.5 Å². The maximum Gasteiger partial charge on any atom is 0.224 e. The molecule has 0 unspecified atom stereocenters. The standard InChI is InChI=1S/C13H13BrClIN4/c1-2-5-17-13-18-7-9(14)12(20-13)19-11-4-3-8(15)6-10(11)16/h3-4,6-7H,2,5H2,1H3,(H2,17,18,19,20). The number of anilines is 3. The molecule has 0 fully saturated rings. The van der Waals surface area contributed by atoms with Gasteiger partial charge >= 0.3 is 0 Å². The molecule has 0 saturated heterocycles. The van der Waals surface area contributed by atoms with Crippen molar-refractivity contribution in [2.24, 2.45) is 0 Å². The van der Waals surface area contributed by atoms with Gasteiger partial charge in [0, 0.05) is 21.3 Å². The summed E-state index contributed by atoms with van der Waals surface area (Å²) < 4.78 is 1.84. The van der Waals surface area contributed by atoms with E-state index >= 15 is 0 Å². The quantitative estimate of drug-likeness (QED) is 0.604. The normalized spacial score (nSPS) is 10.4. The number of halogens is 3. The van der Waals surface area contributed by atoms with Gasteiger partial charge in [-0.05, 0) is 63.1 Å². The Bertz CT molecular complexity index is 609. The molecule has 2 rings (SSSR count). The third kappa shape index (κ3) is 4.20. The van der Waals surface area contributed by atoms with Gasteiger partial charge in [0.05, 0.1) is 10.2 Å². The fourth-order valence-electron chi connectivity index (χ4n) is 1.50. The average Bonchev–Trinajstić information content (AvgIpc) is 2.42. The summed E-state index contributed by atoms with van der Waals surface area (Å²) in [5, 5.41) is 7.16. The molecule has 0 amide bonds. The summed E-state index contributed by atoms with van der Waals surface area (Å²) in [5.74, 6) is 1.33. The molecule has 106 valence electrons. The number of rotatable bonds is 5. The molecule has 0 radical (unpaired) electrons. The number of aromatic nitrogens is 2. The lowest BCUT2D eigenvalue weighted by atomic mass is 10.3. The summed E-state index contributed by atoms with van der Waals surface area (Å²) in [4.78, 5) is 8.67. The third-order valence-corrected chi connectivity index (χ3v) is 4.17. The second kappa shape index (κ2) is 7.42. The zero-order chi connectivity index (χ0) is 14.5. The molecular weight excluding hydrogens is 454 g/mol. The van der Waals surface area contributed by atoms with Gasteiger partial charge < -0.3 is 10.6 Å². The van der Waals surface area contributed by atoms with Gasteiger partial charge in [0.1, 0.15) is 5.82 Å². The molecule has 7 heteroatoms. The molecule has 0 aliphatic rings. The van der Waals surface area contributed by atoms with Crippen LogP contribution in [-0.4, -0.2) is 16.5 Å². The van der Waals surface area contributed by atoms with Gasteiger partial charge in [-0.3, -0.25) is 0 Å². The Kier molecular flexibility index (Phi) is 5.86. The minimum atomic E-state index is 0.613. The predicted octanol–water partition coefficient (Wildman–Crippen LogP) is 5.06. The monoisotopic (exact) mass is 466 g/mol. The molecule has 0 atom stereocenters. The number of nitrogens with zero attached hydrogens (tertiary/aromatic N) is 2. The van der Waals surface area contributed by atoms with Crippen LogP contribution in [0.25, 0.3) is 0 Å². The Hall–Kier alpha value is -0.600. The summed E-state index contributed by atoms with van der Waals surface area (Å²) in [6.45, 7) is 2.95. The van der Waals surface area contributed by atoms with Crippen molar-refractivity contribution in [3.8, 4) is 0 Å². The van der Waals surface area contributed by atoms with Gasteiger partial charge in [0.25, 0.3) is 0 Å². The van der Waals surface area contributed by atoms with Gasteiger partial charge in [-0.1, -0.05) is 18.5 Å². The van der Waals surface area contributed by atoms with E-state index in [-0.39, 0.29) is 0 Å². The molecule has 2 aromatic rings. The first kappa shape index (κ1) is 15.8. The fraction of sp³-hybridized carbons (Fsp3) is 0.231. The van der Waals surface area contributed by atoms with Crippen molar-refractivity contribution in [2.45, 2.75) is 13.3 Å². The van der Waals surface area contributed by atoms with Crippen molar-refractivity contribution in [1.82, 2.24) is 9.97 Å². The lowest BCUT2D eigenvalue weighted by molar-refractivity contribution is 0.952. The van der Waals surface area contributed by atoms with Crippen LogP contribution in [0.4, 0.5) is 17.5 Å². The number of nitrogens with one attached hydrogen (secondary N) is 2. The Morgan fingerprint density at radius 2 is 2.20 bits per heavy atom. The number of hydrogen-bond donors (Lipinski definition) is 2. The summed E-state index contributed by atoms with van der Waals surface area (Å²) >= 11 is 11.6. The molecule has 0 saturated carbocycles. The molecule has 0 bridgehead atoms. The van der Waals surface area contributed by atoms with E-state index in [1.165, 1.54) is 0 Å². The van der Waals surface area contributed by atoms with E-state index in [2.05, 4.69) is 66.0 Å². The van der Waals surface area contributed by atoms with E-state index in [4.69, 9.17) is 11.6 Å². The summed E-state index contributed by atoms with van der Waals surface area (Å²) in [5.41, 5.74) is 0.954. The molecule has 4 nitrogen and oxygen atoms in total. The zero-order valence-corrected chi connectivity index (χ0v) is 15.3. The molecule has 0 aliphatic heterocycles. The highest BCUT2D eigenvalue weighted by Crippen LogP contribution is 2.28. The Labute approximate surface area is 145 Å². The molecule has 1 heterocycles. The predicted molar refractivity (Wildman–Crippen MR) is 96.0 cm³/mol. The van der Waals surface area contributed by atoms with E-state index in [9.17, 15) is 0 Å². The van der Waals surface area contributed by atoms with Crippen LogP contribution in [0.15, 0.2) is 28.9 Å². The van der Waals surface area contributed by atoms with Crippen molar-refractivity contribution in [3.05, 3.63) is 37.5 Å². The molecule has 1 aromatic carbocycles. The molecule has 0 aliphatic carbocycles. The van der Waals surface area contributed by atoms with Crippen molar-refractivity contribution in [1.29, 1.82) is 0 Å². The highest BCUT2D eigenvalue weighted by atomic mass is 127. The average molecular weight is 468 g/mol. The van der Waals surface area contributed by atoms with Crippen molar-refractivity contribution in [2.75, 3.05) is 17.2 Å². The summed E-state index contributed by atoms with van der Waals surface area (Å²) in [7, 11) is 0. The summed E-state index contributed by atoms with van der Waals surface area (Å²) in [6.07, 6.45) is 2.76. The molecule has 0 spiro atoms.